The van der Waals surface area contributed by atoms with Crippen LogP contribution in [0.3, 0.4) is 0 Å². The number of nitrogens with zero attached hydrogens (tertiary/aromatic N) is 3. The van der Waals surface area contributed by atoms with E-state index in [1.807, 2.05) is 48.5 Å². The maximum atomic E-state index is 8.93. The predicted octanol–water partition coefficient (Wildman–Crippen LogP) is 5.16. The third-order valence-corrected chi connectivity index (χ3v) is 6.34. The molecule has 2 heterocycles. The molecule has 4 nitrogen and oxygen atoms in total. The lowest BCUT2D eigenvalue weighted by atomic mass is 10.0. The SMILES string of the molecule is CN1C[C@H]2CCN(c3ccc(Oc4ccc(-c5ccc(C#N)cc5)cc4)cc3)[C@H]2C1. The van der Waals surface area contributed by atoms with Crippen LogP contribution in [-0.2, 0) is 0 Å². The minimum Gasteiger partial charge on any atom is -0.457 e. The van der Waals surface area contributed by atoms with Gasteiger partial charge in [-0.25, -0.2) is 0 Å². The monoisotopic (exact) mass is 395 g/mol. The average Bonchev–Trinajstić information content (AvgIpc) is 3.34. The largest absolute Gasteiger partial charge is 0.457 e. The Morgan fingerprint density at radius 3 is 2.07 bits per heavy atom. The van der Waals surface area contributed by atoms with Crippen LogP contribution < -0.4 is 9.64 Å². The minimum absolute atomic E-state index is 0.650. The Labute approximate surface area is 177 Å². The molecule has 30 heavy (non-hydrogen) atoms. The van der Waals surface area contributed by atoms with Gasteiger partial charge in [-0.2, -0.15) is 5.26 Å². The number of hydrogen-bond donors (Lipinski definition) is 0. The highest BCUT2D eigenvalue weighted by atomic mass is 16.5. The zero-order valence-electron chi connectivity index (χ0n) is 17.2. The molecule has 2 atom stereocenters. The van der Waals surface area contributed by atoms with Crippen molar-refractivity contribution in [2.45, 2.75) is 12.5 Å². The van der Waals surface area contributed by atoms with Crippen molar-refractivity contribution < 1.29 is 4.74 Å². The number of ether oxygens (including phenoxy) is 1. The van der Waals surface area contributed by atoms with Crippen LogP contribution in [0.25, 0.3) is 11.1 Å². The highest BCUT2D eigenvalue weighted by Crippen LogP contribution is 2.35. The Bertz CT molecular complexity index is 1050. The first-order chi connectivity index (χ1) is 14.7. The maximum Gasteiger partial charge on any atom is 0.127 e. The molecule has 0 aliphatic carbocycles. The van der Waals surface area contributed by atoms with Crippen LogP contribution in [0.2, 0.25) is 0 Å². The van der Waals surface area contributed by atoms with E-state index in [9.17, 15) is 0 Å². The molecule has 0 unspecified atom stereocenters. The number of likely N-dealkylation sites (N-methyl/N-ethyl adjacent to an activating group) is 1. The topological polar surface area (TPSA) is 39.5 Å². The molecular weight excluding hydrogens is 370 g/mol. The van der Waals surface area contributed by atoms with Crippen LogP contribution in [0.5, 0.6) is 11.5 Å². The smallest absolute Gasteiger partial charge is 0.127 e. The van der Waals surface area contributed by atoms with E-state index >= 15 is 0 Å². The lowest BCUT2D eigenvalue weighted by molar-refractivity contribution is 0.386. The normalized spacial score (nSPS) is 20.7. The van der Waals surface area contributed by atoms with E-state index in [2.05, 4.69) is 47.2 Å². The van der Waals surface area contributed by atoms with Crippen molar-refractivity contribution in [2.24, 2.45) is 5.92 Å². The van der Waals surface area contributed by atoms with Crippen molar-refractivity contribution in [3.8, 4) is 28.7 Å². The van der Waals surface area contributed by atoms with Gasteiger partial charge in [0.25, 0.3) is 0 Å². The van der Waals surface area contributed by atoms with Gasteiger partial charge < -0.3 is 14.5 Å². The van der Waals surface area contributed by atoms with Gasteiger partial charge >= 0.3 is 0 Å². The van der Waals surface area contributed by atoms with E-state index in [4.69, 9.17) is 10.00 Å². The zero-order valence-corrected chi connectivity index (χ0v) is 17.2. The molecule has 3 aromatic carbocycles. The van der Waals surface area contributed by atoms with Crippen LogP contribution in [0, 0.1) is 17.2 Å². The summed E-state index contributed by atoms with van der Waals surface area (Å²) in [4.78, 5) is 5.00. The first-order valence-corrected chi connectivity index (χ1v) is 10.5. The van der Waals surface area contributed by atoms with Crippen molar-refractivity contribution in [1.29, 1.82) is 5.26 Å². The van der Waals surface area contributed by atoms with Crippen molar-refractivity contribution in [2.75, 3.05) is 31.6 Å². The van der Waals surface area contributed by atoms with Gasteiger partial charge in [-0.1, -0.05) is 24.3 Å². The number of fused-ring (bicyclic) bond motifs is 1. The molecule has 150 valence electrons. The summed E-state index contributed by atoms with van der Waals surface area (Å²) < 4.78 is 6.06. The minimum atomic E-state index is 0.650. The summed E-state index contributed by atoms with van der Waals surface area (Å²) in [7, 11) is 2.22. The molecule has 0 N–H and O–H groups in total. The molecular formula is C26H25N3O. The van der Waals surface area contributed by atoms with Gasteiger partial charge in [-0.15, -0.1) is 0 Å². The summed E-state index contributed by atoms with van der Waals surface area (Å²) in [6.45, 7) is 3.54. The third kappa shape index (κ3) is 3.65. The average molecular weight is 396 g/mol. The highest BCUT2D eigenvalue weighted by molar-refractivity contribution is 5.65. The van der Waals surface area contributed by atoms with Crippen LogP contribution in [0.4, 0.5) is 5.69 Å². The molecule has 0 amide bonds. The molecule has 2 saturated heterocycles. The van der Waals surface area contributed by atoms with Gasteiger partial charge in [0, 0.05) is 31.4 Å². The van der Waals surface area contributed by atoms with Crippen LogP contribution >= 0.6 is 0 Å². The Hall–Kier alpha value is -3.29. The summed E-state index contributed by atoms with van der Waals surface area (Å²) in [6, 6.07) is 27.0. The van der Waals surface area contributed by atoms with E-state index < -0.39 is 0 Å². The molecule has 4 heteroatoms. The molecule has 0 bridgehead atoms. The molecule has 2 aliphatic rings. The Balaban J connectivity index is 1.25. The molecule has 0 saturated carbocycles. The first-order valence-electron chi connectivity index (χ1n) is 10.5. The van der Waals surface area contributed by atoms with E-state index in [1.54, 1.807) is 0 Å². The Morgan fingerprint density at radius 2 is 1.43 bits per heavy atom. The van der Waals surface area contributed by atoms with E-state index in [0.29, 0.717) is 11.6 Å². The lowest BCUT2D eigenvalue weighted by Gasteiger charge is -2.26. The van der Waals surface area contributed by atoms with E-state index in [0.717, 1.165) is 41.6 Å². The van der Waals surface area contributed by atoms with Gasteiger partial charge in [0.1, 0.15) is 11.5 Å². The van der Waals surface area contributed by atoms with Gasteiger partial charge in [0.15, 0.2) is 0 Å². The number of rotatable bonds is 4. The summed E-state index contributed by atoms with van der Waals surface area (Å²) in [5.41, 5.74) is 4.16. The van der Waals surface area contributed by atoms with Gasteiger partial charge in [-0.3, -0.25) is 0 Å². The first kappa shape index (κ1) is 18.7. The maximum absolute atomic E-state index is 8.93. The van der Waals surface area contributed by atoms with E-state index in [1.165, 1.54) is 18.7 Å². The fourth-order valence-electron chi connectivity index (χ4n) is 4.79. The van der Waals surface area contributed by atoms with Crippen molar-refractivity contribution in [3.63, 3.8) is 0 Å². The standard InChI is InChI=1S/C26H25N3O/c1-28-17-22-14-15-29(26(22)18-28)23-8-12-25(13-9-23)30-24-10-6-21(7-11-24)20-4-2-19(16-27)3-5-20/h2-13,22,26H,14-15,17-18H2,1H3/t22-,26+/m1/s1. The zero-order chi connectivity index (χ0) is 20.5. The number of anilines is 1. The molecule has 2 fully saturated rings. The van der Waals surface area contributed by atoms with Crippen LogP contribution in [-0.4, -0.2) is 37.6 Å². The van der Waals surface area contributed by atoms with Gasteiger partial charge in [0.05, 0.1) is 11.6 Å². The predicted molar refractivity (Wildman–Crippen MR) is 120 cm³/mol. The molecule has 0 radical (unpaired) electrons. The van der Waals surface area contributed by atoms with Gasteiger partial charge in [0.2, 0.25) is 0 Å². The van der Waals surface area contributed by atoms with E-state index in [-0.39, 0.29) is 0 Å². The Morgan fingerprint density at radius 1 is 0.833 bits per heavy atom. The molecule has 0 spiro atoms. The third-order valence-electron chi connectivity index (χ3n) is 6.34. The molecule has 3 aromatic rings. The molecule has 5 rings (SSSR count). The van der Waals surface area contributed by atoms with Crippen molar-refractivity contribution in [1.82, 2.24) is 4.90 Å². The van der Waals surface area contributed by atoms with Crippen molar-refractivity contribution in [3.05, 3.63) is 78.4 Å². The van der Waals surface area contributed by atoms with Crippen LogP contribution in [0.15, 0.2) is 72.8 Å². The summed E-state index contributed by atoms with van der Waals surface area (Å²) >= 11 is 0. The number of hydrogen-bond acceptors (Lipinski definition) is 4. The molecule has 0 aromatic heterocycles. The highest BCUT2D eigenvalue weighted by Gasteiger charge is 2.39. The quantitative estimate of drug-likeness (QED) is 0.612. The van der Waals surface area contributed by atoms with Crippen LogP contribution in [0.1, 0.15) is 12.0 Å². The summed E-state index contributed by atoms with van der Waals surface area (Å²) in [5, 5.41) is 8.93. The molecule has 2 aliphatic heterocycles. The summed E-state index contributed by atoms with van der Waals surface area (Å²) in [6.07, 6.45) is 1.29. The van der Waals surface area contributed by atoms with Gasteiger partial charge in [-0.05, 0) is 79.0 Å². The second-order valence-electron chi connectivity index (χ2n) is 8.34. The fraction of sp³-hybridized carbons (Fsp3) is 0.269. The second kappa shape index (κ2) is 7.85. The second-order valence-corrected chi connectivity index (χ2v) is 8.34. The number of nitriles is 1. The number of benzene rings is 3. The van der Waals surface area contributed by atoms with Crippen molar-refractivity contribution >= 4 is 5.69 Å². The lowest BCUT2D eigenvalue weighted by Crippen LogP contribution is -2.34. The fourth-order valence-corrected chi connectivity index (χ4v) is 4.79. The summed E-state index contributed by atoms with van der Waals surface area (Å²) in [5.74, 6) is 2.48. The number of likely N-dealkylation sites (tertiary alicyclic amines) is 1. The Kier molecular flexibility index (Phi) is 4.90.